The molecule has 0 spiro atoms. The predicted octanol–water partition coefficient (Wildman–Crippen LogP) is 9.13. The zero-order valence-corrected chi connectivity index (χ0v) is 34.6. The fraction of sp³-hybridized carbons (Fsp3) is 0.422. The van der Waals surface area contributed by atoms with Gasteiger partial charge in [0.25, 0.3) is 11.8 Å². The molecule has 7 heterocycles. The molecule has 0 radical (unpaired) electrons. The fourth-order valence-electron chi connectivity index (χ4n) is 8.68. The number of aromatic nitrogens is 6. The van der Waals surface area contributed by atoms with Gasteiger partial charge in [-0.15, -0.1) is 12.4 Å². The highest BCUT2D eigenvalue weighted by Crippen LogP contribution is 2.36. The van der Waals surface area contributed by atoms with Crippen molar-refractivity contribution in [3.8, 4) is 22.5 Å². The Kier molecular flexibility index (Phi) is 11.9. The minimum absolute atomic E-state index is 0. The quantitative estimate of drug-likeness (QED) is 0.140. The summed E-state index contributed by atoms with van der Waals surface area (Å²) in [6.07, 6.45) is 15.5. The number of aromatic amines is 2. The third-order valence-electron chi connectivity index (χ3n) is 11.9. The Hall–Kier alpha value is -5.36. The zero-order chi connectivity index (χ0) is 39.7. The third-order valence-corrected chi connectivity index (χ3v) is 11.9. The topological polar surface area (TPSA) is 145 Å². The number of carbonyl (C=O) groups is 2. The minimum Gasteiger partial charge on any atom is -0.358 e. The molecular weight excluding hydrogens is 753 g/mol. The molecule has 0 bridgehead atoms. The lowest BCUT2D eigenvalue weighted by atomic mass is 9.78. The molecule has 2 aromatic carbocycles. The van der Waals surface area contributed by atoms with Gasteiger partial charge in [0.15, 0.2) is 0 Å². The van der Waals surface area contributed by atoms with E-state index in [2.05, 4.69) is 69.2 Å². The second-order valence-corrected chi connectivity index (χ2v) is 17.1. The number of piperidine rings is 1. The van der Waals surface area contributed by atoms with Crippen LogP contribution >= 0.6 is 12.4 Å². The van der Waals surface area contributed by atoms with E-state index >= 15 is 0 Å². The molecule has 2 fully saturated rings. The molecule has 4 aromatic heterocycles. The van der Waals surface area contributed by atoms with Crippen molar-refractivity contribution in [2.45, 2.75) is 97.4 Å². The van der Waals surface area contributed by atoms with Crippen molar-refractivity contribution in [2.24, 2.45) is 5.41 Å². The second kappa shape index (κ2) is 16.9. The van der Waals surface area contributed by atoms with E-state index in [9.17, 15) is 14.0 Å². The maximum Gasteiger partial charge on any atom is 0.253 e. The highest BCUT2D eigenvalue weighted by atomic mass is 35.5. The van der Waals surface area contributed by atoms with E-state index in [1.54, 1.807) is 12.1 Å². The predicted molar refractivity (Wildman–Crippen MR) is 230 cm³/mol. The summed E-state index contributed by atoms with van der Waals surface area (Å²) in [6, 6.07) is 15.2. The normalized spacial score (nSPS) is 18.0. The Morgan fingerprint density at radius 1 is 0.655 bits per heavy atom. The molecule has 2 amide bonds. The number of nitrogens with zero attached hydrogens (tertiary/aromatic N) is 5. The van der Waals surface area contributed by atoms with Crippen LogP contribution in [0.25, 0.3) is 44.6 Å². The lowest BCUT2D eigenvalue weighted by Crippen LogP contribution is -2.48. The molecule has 1 saturated carbocycles. The molecule has 4 N–H and O–H groups in total. The SMILES string of the molecule is CC1(C)CCCCC1.CC1(C)CCCCN1c1cnc2cccc(-c3cc4c([nH]3)CCNC4=O)c2n1.Cl.O=C1NCCc2[nH]c(-c3cccc4ncc(F)nc34)cc21. The number of para-hydroxylation sites is 2. The molecule has 0 atom stereocenters. The van der Waals surface area contributed by atoms with Gasteiger partial charge in [-0.3, -0.25) is 14.6 Å². The van der Waals surface area contributed by atoms with Crippen LogP contribution in [0.3, 0.4) is 0 Å². The van der Waals surface area contributed by atoms with E-state index in [4.69, 9.17) is 9.97 Å². The lowest BCUT2D eigenvalue weighted by molar-refractivity contribution is 0.0937. The summed E-state index contributed by atoms with van der Waals surface area (Å²) < 4.78 is 13.4. The van der Waals surface area contributed by atoms with E-state index in [1.807, 2.05) is 36.5 Å². The Labute approximate surface area is 344 Å². The van der Waals surface area contributed by atoms with Crippen LogP contribution in [0.1, 0.15) is 111 Å². The van der Waals surface area contributed by atoms with Crippen molar-refractivity contribution in [1.29, 1.82) is 0 Å². The van der Waals surface area contributed by atoms with Gasteiger partial charge < -0.3 is 25.5 Å². The highest BCUT2D eigenvalue weighted by Gasteiger charge is 2.31. The highest BCUT2D eigenvalue weighted by molar-refractivity contribution is 6.00. The van der Waals surface area contributed by atoms with Crippen molar-refractivity contribution in [1.82, 2.24) is 40.5 Å². The standard InChI is InChI=1S/C22H25N5O.C15H11FN4O.C8H16.ClH/c1-22(2)9-3-4-11-27(22)19-13-24-17-7-5-6-14(20(17)26-19)18-12-15-16(25-18)8-10-23-21(15)28;16-13-7-18-11-3-1-2-8(14(11)20-13)12-6-9-10(19-12)4-5-17-15(9)21;1-8(2)6-4-3-5-7-8;/h5-7,12-13,25H,3-4,8-11H2,1-2H3,(H,23,28);1-3,6-7,19H,4-5H2,(H,17,21);3-7H2,1-2H3;1H. The van der Waals surface area contributed by atoms with Gasteiger partial charge in [-0.05, 0) is 75.6 Å². The summed E-state index contributed by atoms with van der Waals surface area (Å²) >= 11 is 0. The van der Waals surface area contributed by atoms with E-state index in [-0.39, 0.29) is 29.8 Å². The number of hydrogen-bond acceptors (Lipinski definition) is 7. The number of rotatable bonds is 3. The van der Waals surface area contributed by atoms with E-state index < -0.39 is 5.95 Å². The third kappa shape index (κ3) is 8.57. The number of H-pyrrole nitrogens is 2. The lowest BCUT2D eigenvalue weighted by Gasteiger charge is -2.43. The van der Waals surface area contributed by atoms with E-state index in [0.717, 1.165) is 88.3 Å². The van der Waals surface area contributed by atoms with Gasteiger partial charge in [-0.25, -0.2) is 15.0 Å². The average Bonchev–Trinajstić information content (AvgIpc) is 3.84. The van der Waals surface area contributed by atoms with Crippen molar-refractivity contribution in [3.63, 3.8) is 0 Å². The maximum atomic E-state index is 13.4. The monoisotopic (exact) mass is 805 g/mol. The van der Waals surface area contributed by atoms with Crippen molar-refractivity contribution < 1.29 is 14.0 Å². The number of carbonyl (C=O) groups excluding carboxylic acids is 2. The van der Waals surface area contributed by atoms with Gasteiger partial charge in [0.1, 0.15) is 16.9 Å². The van der Waals surface area contributed by atoms with Crippen LogP contribution < -0.4 is 15.5 Å². The van der Waals surface area contributed by atoms with E-state index in [1.165, 1.54) is 44.9 Å². The second-order valence-electron chi connectivity index (χ2n) is 17.1. The van der Waals surface area contributed by atoms with Crippen LogP contribution in [0.2, 0.25) is 0 Å². The zero-order valence-electron chi connectivity index (χ0n) is 33.8. The summed E-state index contributed by atoms with van der Waals surface area (Å²) in [5, 5.41) is 5.71. The van der Waals surface area contributed by atoms with Gasteiger partial charge in [-0.1, -0.05) is 57.4 Å². The molecule has 58 heavy (non-hydrogen) atoms. The fourth-order valence-corrected chi connectivity index (χ4v) is 8.68. The molecule has 10 rings (SSSR count). The Morgan fingerprint density at radius 2 is 1.19 bits per heavy atom. The first-order chi connectivity index (χ1) is 27.5. The molecule has 4 aliphatic rings. The molecule has 13 heteroatoms. The molecule has 1 aliphatic carbocycles. The van der Waals surface area contributed by atoms with Crippen LogP contribution in [-0.4, -0.2) is 66.9 Å². The Bertz CT molecular complexity index is 2450. The first kappa shape index (κ1) is 40.8. The first-order valence-corrected chi connectivity index (χ1v) is 20.4. The molecular formula is C45H53ClFN9O2. The number of nitrogens with one attached hydrogen (secondary N) is 4. The summed E-state index contributed by atoms with van der Waals surface area (Å²) in [7, 11) is 0. The number of halogens is 2. The van der Waals surface area contributed by atoms with Crippen molar-refractivity contribution in [2.75, 3.05) is 24.5 Å². The van der Waals surface area contributed by atoms with Crippen LogP contribution in [-0.2, 0) is 12.8 Å². The molecule has 6 aromatic rings. The van der Waals surface area contributed by atoms with Gasteiger partial charge in [0, 0.05) is 71.9 Å². The van der Waals surface area contributed by atoms with Gasteiger partial charge in [0.2, 0.25) is 5.95 Å². The summed E-state index contributed by atoms with van der Waals surface area (Å²) in [5.74, 6) is 0.213. The maximum absolute atomic E-state index is 13.4. The number of anilines is 1. The number of fused-ring (bicyclic) bond motifs is 4. The summed E-state index contributed by atoms with van der Waals surface area (Å²) in [5.41, 5.74) is 10.3. The largest absolute Gasteiger partial charge is 0.358 e. The number of benzene rings is 2. The summed E-state index contributed by atoms with van der Waals surface area (Å²) in [6.45, 7) is 11.6. The Balaban J connectivity index is 0.000000150. The van der Waals surface area contributed by atoms with E-state index in [0.29, 0.717) is 35.1 Å². The van der Waals surface area contributed by atoms with Crippen molar-refractivity contribution >= 4 is 52.1 Å². The molecule has 11 nitrogen and oxygen atoms in total. The van der Waals surface area contributed by atoms with Crippen LogP contribution in [0.4, 0.5) is 10.2 Å². The van der Waals surface area contributed by atoms with Crippen LogP contribution in [0.5, 0.6) is 0 Å². The van der Waals surface area contributed by atoms with Gasteiger partial charge in [0.05, 0.1) is 34.6 Å². The molecule has 0 unspecified atom stereocenters. The van der Waals surface area contributed by atoms with Gasteiger partial charge in [-0.2, -0.15) is 4.39 Å². The average molecular weight is 806 g/mol. The van der Waals surface area contributed by atoms with Crippen LogP contribution in [0.15, 0.2) is 60.9 Å². The smallest absolute Gasteiger partial charge is 0.253 e. The first-order valence-electron chi connectivity index (χ1n) is 20.4. The molecule has 1 saturated heterocycles. The van der Waals surface area contributed by atoms with Crippen molar-refractivity contribution in [3.05, 3.63) is 89.4 Å². The molecule has 3 aliphatic heterocycles. The number of amides is 2. The number of hydrogen-bond donors (Lipinski definition) is 4. The molecule has 304 valence electrons. The van der Waals surface area contributed by atoms with Gasteiger partial charge >= 0.3 is 0 Å². The van der Waals surface area contributed by atoms with Crippen LogP contribution in [0, 0.1) is 11.4 Å². The Morgan fingerprint density at radius 3 is 1.71 bits per heavy atom. The summed E-state index contributed by atoms with van der Waals surface area (Å²) in [4.78, 5) is 50.8. The minimum atomic E-state index is -0.621.